The maximum Gasteiger partial charge on any atom is 0.243 e. The van der Waals surface area contributed by atoms with Gasteiger partial charge in [0.1, 0.15) is 6.04 Å². The molecule has 6 nitrogen and oxygen atoms in total. The van der Waals surface area contributed by atoms with Gasteiger partial charge in [-0.3, -0.25) is 9.10 Å². The largest absolute Gasteiger partial charge is 0.354 e. The highest BCUT2D eigenvalue weighted by Crippen LogP contribution is 2.26. The predicted octanol–water partition coefficient (Wildman–Crippen LogP) is 2.31. The van der Waals surface area contributed by atoms with E-state index in [4.69, 9.17) is 0 Å². The number of anilines is 1. The van der Waals surface area contributed by atoms with E-state index in [2.05, 4.69) is 17.3 Å². The van der Waals surface area contributed by atoms with Crippen LogP contribution in [0.25, 0.3) is 0 Å². The van der Waals surface area contributed by atoms with Crippen LogP contribution in [0.15, 0.2) is 18.2 Å². The first-order valence-electron chi connectivity index (χ1n) is 9.62. The average Bonchev–Trinajstić information content (AvgIpc) is 2.58. The van der Waals surface area contributed by atoms with Crippen LogP contribution in [0.5, 0.6) is 0 Å². The number of likely N-dealkylation sites (tertiary alicyclic amines) is 1. The number of sulfonamides is 1. The minimum Gasteiger partial charge on any atom is -0.354 e. The van der Waals surface area contributed by atoms with E-state index in [9.17, 15) is 13.2 Å². The van der Waals surface area contributed by atoms with E-state index in [1.54, 1.807) is 6.92 Å². The lowest BCUT2D eigenvalue weighted by Crippen LogP contribution is -2.48. The molecule has 0 aromatic heterocycles. The molecule has 1 aromatic carbocycles. The molecule has 152 valence electrons. The first-order chi connectivity index (χ1) is 12.6. The smallest absolute Gasteiger partial charge is 0.243 e. The van der Waals surface area contributed by atoms with Gasteiger partial charge in [0, 0.05) is 6.54 Å². The molecule has 1 aliphatic heterocycles. The lowest BCUT2D eigenvalue weighted by molar-refractivity contribution is -0.121. The number of carbonyl (C=O) groups excluding carboxylic acids is 1. The summed E-state index contributed by atoms with van der Waals surface area (Å²) in [5.74, 6) is 0.371. The molecule has 0 bridgehead atoms. The number of rotatable bonds is 7. The van der Waals surface area contributed by atoms with Gasteiger partial charge in [0.2, 0.25) is 15.9 Å². The van der Waals surface area contributed by atoms with Gasteiger partial charge in [-0.25, -0.2) is 8.42 Å². The van der Waals surface area contributed by atoms with Crippen LogP contribution in [0.3, 0.4) is 0 Å². The third-order valence-corrected chi connectivity index (χ3v) is 6.61. The Morgan fingerprint density at radius 1 is 1.30 bits per heavy atom. The Morgan fingerprint density at radius 3 is 2.52 bits per heavy atom. The number of nitrogens with zero attached hydrogens (tertiary/aromatic N) is 2. The molecule has 0 spiro atoms. The zero-order chi connectivity index (χ0) is 20.2. The molecular weight excluding hydrogens is 362 g/mol. The van der Waals surface area contributed by atoms with Gasteiger partial charge in [0.15, 0.2) is 0 Å². The molecule has 27 heavy (non-hydrogen) atoms. The average molecular weight is 396 g/mol. The van der Waals surface area contributed by atoms with Crippen LogP contribution in [-0.2, 0) is 14.8 Å². The third-order valence-electron chi connectivity index (χ3n) is 5.38. The SMILES string of the molecule is Cc1ccc(C)c(N([C@@H](C)C(=O)NCCC2CCN(C)CC2)S(C)(=O)=O)c1. The fourth-order valence-electron chi connectivity index (χ4n) is 3.64. The number of nitrogens with one attached hydrogen (secondary N) is 1. The van der Waals surface area contributed by atoms with Crippen LogP contribution in [0.2, 0.25) is 0 Å². The fraction of sp³-hybridized carbons (Fsp3) is 0.650. The quantitative estimate of drug-likeness (QED) is 0.769. The van der Waals surface area contributed by atoms with Crippen LogP contribution in [0.4, 0.5) is 5.69 Å². The fourth-order valence-corrected chi connectivity index (χ4v) is 4.86. The van der Waals surface area contributed by atoms with Crippen molar-refractivity contribution in [1.29, 1.82) is 0 Å². The van der Waals surface area contributed by atoms with Crippen molar-refractivity contribution in [2.45, 2.75) is 46.1 Å². The van der Waals surface area contributed by atoms with E-state index in [1.807, 2.05) is 32.0 Å². The second-order valence-electron chi connectivity index (χ2n) is 7.85. The summed E-state index contributed by atoms with van der Waals surface area (Å²) in [6, 6.07) is 4.84. The maximum atomic E-state index is 12.7. The highest BCUT2D eigenvalue weighted by molar-refractivity contribution is 7.92. The summed E-state index contributed by atoms with van der Waals surface area (Å²) in [5, 5.41) is 2.94. The highest BCUT2D eigenvalue weighted by atomic mass is 32.2. The van der Waals surface area contributed by atoms with Crippen molar-refractivity contribution in [3.05, 3.63) is 29.3 Å². The highest BCUT2D eigenvalue weighted by Gasteiger charge is 2.30. The Labute approximate surface area is 164 Å². The van der Waals surface area contributed by atoms with Crippen molar-refractivity contribution < 1.29 is 13.2 Å². The summed E-state index contributed by atoms with van der Waals surface area (Å²) in [4.78, 5) is 15.0. The number of hydrogen-bond donors (Lipinski definition) is 1. The maximum absolute atomic E-state index is 12.7. The van der Waals surface area contributed by atoms with Crippen LogP contribution in [-0.4, -0.2) is 58.2 Å². The zero-order valence-electron chi connectivity index (χ0n) is 17.2. The van der Waals surface area contributed by atoms with Gasteiger partial charge in [-0.2, -0.15) is 0 Å². The van der Waals surface area contributed by atoms with E-state index in [1.165, 1.54) is 4.31 Å². The van der Waals surface area contributed by atoms with Gasteiger partial charge in [-0.05, 0) is 83.3 Å². The van der Waals surface area contributed by atoms with E-state index in [0.717, 1.165) is 49.7 Å². The van der Waals surface area contributed by atoms with Crippen molar-refractivity contribution in [2.75, 3.05) is 37.2 Å². The van der Waals surface area contributed by atoms with E-state index >= 15 is 0 Å². The third kappa shape index (κ3) is 5.94. The van der Waals surface area contributed by atoms with Crippen molar-refractivity contribution >= 4 is 21.6 Å². The van der Waals surface area contributed by atoms with Gasteiger partial charge < -0.3 is 10.2 Å². The summed E-state index contributed by atoms with van der Waals surface area (Å²) in [6.45, 7) is 8.20. The molecule has 1 aromatic rings. The van der Waals surface area contributed by atoms with Gasteiger partial charge in [-0.1, -0.05) is 12.1 Å². The van der Waals surface area contributed by atoms with Crippen molar-refractivity contribution in [1.82, 2.24) is 10.2 Å². The van der Waals surface area contributed by atoms with Crippen LogP contribution >= 0.6 is 0 Å². The Bertz CT molecular complexity index is 756. The van der Waals surface area contributed by atoms with E-state index in [-0.39, 0.29) is 5.91 Å². The number of amides is 1. The van der Waals surface area contributed by atoms with Crippen molar-refractivity contribution in [3.8, 4) is 0 Å². The molecule has 1 fully saturated rings. The second kappa shape index (κ2) is 9.06. The summed E-state index contributed by atoms with van der Waals surface area (Å²) in [5.41, 5.74) is 2.35. The number of aryl methyl sites for hydroxylation is 2. The molecule has 2 rings (SSSR count). The molecular formula is C20H33N3O3S. The Kier molecular flexibility index (Phi) is 7.28. The number of piperidine rings is 1. The molecule has 1 heterocycles. The minimum absolute atomic E-state index is 0.255. The topological polar surface area (TPSA) is 69.7 Å². The van der Waals surface area contributed by atoms with Gasteiger partial charge >= 0.3 is 0 Å². The Morgan fingerprint density at radius 2 is 1.93 bits per heavy atom. The molecule has 0 unspecified atom stereocenters. The number of benzene rings is 1. The van der Waals surface area contributed by atoms with Gasteiger partial charge in [0.25, 0.3) is 0 Å². The van der Waals surface area contributed by atoms with Crippen LogP contribution in [0.1, 0.15) is 37.3 Å². The first kappa shape index (κ1) is 21.7. The van der Waals surface area contributed by atoms with Crippen LogP contribution in [0, 0.1) is 19.8 Å². The minimum atomic E-state index is -3.59. The van der Waals surface area contributed by atoms with Crippen molar-refractivity contribution in [2.24, 2.45) is 5.92 Å². The van der Waals surface area contributed by atoms with E-state index < -0.39 is 16.1 Å². The molecule has 1 aliphatic rings. The molecule has 0 radical (unpaired) electrons. The first-order valence-corrected chi connectivity index (χ1v) is 11.5. The Hall–Kier alpha value is -1.60. The van der Waals surface area contributed by atoms with Crippen LogP contribution < -0.4 is 9.62 Å². The van der Waals surface area contributed by atoms with E-state index in [0.29, 0.717) is 18.2 Å². The standard InChI is InChI=1S/C20H33N3O3S/c1-15-6-7-16(2)19(14-15)23(27(5,25)26)17(3)20(24)21-11-8-18-9-12-22(4)13-10-18/h6-7,14,17-18H,8-13H2,1-5H3,(H,21,24)/t17-/m0/s1. The summed E-state index contributed by atoms with van der Waals surface area (Å²) in [7, 11) is -1.45. The lowest BCUT2D eigenvalue weighted by Gasteiger charge is -2.31. The number of hydrogen-bond acceptors (Lipinski definition) is 4. The molecule has 1 N–H and O–H groups in total. The second-order valence-corrected chi connectivity index (χ2v) is 9.71. The molecule has 0 aliphatic carbocycles. The summed E-state index contributed by atoms with van der Waals surface area (Å²) < 4.78 is 26.1. The Balaban J connectivity index is 2.03. The molecule has 1 amide bonds. The molecule has 0 saturated carbocycles. The molecule has 1 atom stereocenters. The molecule has 7 heteroatoms. The van der Waals surface area contributed by atoms with Gasteiger partial charge in [-0.15, -0.1) is 0 Å². The summed E-state index contributed by atoms with van der Waals surface area (Å²) >= 11 is 0. The lowest BCUT2D eigenvalue weighted by atomic mass is 9.94. The number of carbonyl (C=O) groups is 1. The van der Waals surface area contributed by atoms with Crippen molar-refractivity contribution in [3.63, 3.8) is 0 Å². The summed E-state index contributed by atoms with van der Waals surface area (Å²) in [6.07, 6.45) is 4.39. The monoisotopic (exact) mass is 395 g/mol. The van der Waals surface area contributed by atoms with Gasteiger partial charge in [0.05, 0.1) is 11.9 Å². The molecule has 1 saturated heterocycles. The normalized spacial score (nSPS) is 17.5. The zero-order valence-corrected chi connectivity index (χ0v) is 18.0. The predicted molar refractivity (Wildman–Crippen MR) is 111 cm³/mol.